The zero-order valence-corrected chi connectivity index (χ0v) is 13.7. The Morgan fingerprint density at radius 3 is 2.64 bits per heavy atom. The average Bonchev–Trinajstić information content (AvgIpc) is 2.67. The Labute approximate surface area is 145 Å². The number of aromatic nitrogens is 2. The highest BCUT2D eigenvalue weighted by Crippen LogP contribution is 2.29. The van der Waals surface area contributed by atoms with Crippen LogP contribution in [0.3, 0.4) is 0 Å². The number of rotatable bonds is 2. The maximum absolute atomic E-state index is 12.6. The van der Waals surface area contributed by atoms with E-state index < -0.39 is 0 Å². The fourth-order valence-electron chi connectivity index (χ4n) is 3.27. The van der Waals surface area contributed by atoms with Gasteiger partial charge in [0.1, 0.15) is 0 Å². The van der Waals surface area contributed by atoms with Crippen molar-refractivity contribution in [2.45, 2.75) is 6.42 Å². The number of nitrogens with two attached hydrogens (primary N) is 1. The zero-order valence-electron chi connectivity index (χ0n) is 13.7. The lowest BCUT2D eigenvalue weighted by Crippen LogP contribution is -2.35. The molecule has 0 fully saturated rings. The molecule has 5 nitrogen and oxygen atoms in total. The molecule has 5 heteroatoms. The highest BCUT2D eigenvalue weighted by atomic mass is 16.2. The minimum atomic E-state index is -0.168. The van der Waals surface area contributed by atoms with Gasteiger partial charge in [-0.05, 0) is 28.3 Å². The molecule has 0 radical (unpaired) electrons. The molecule has 0 atom stereocenters. The van der Waals surface area contributed by atoms with Crippen LogP contribution in [0.4, 0.5) is 5.82 Å². The number of fused-ring (bicyclic) bond motifs is 1. The molecule has 2 N–H and O–H groups in total. The van der Waals surface area contributed by atoms with Crippen molar-refractivity contribution in [1.29, 1.82) is 0 Å². The number of hydrogen-bond acceptors (Lipinski definition) is 4. The van der Waals surface area contributed by atoms with Crippen LogP contribution in [-0.4, -0.2) is 33.9 Å². The summed E-state index contributed by atoms with van der Waals surface area (Å²) < 4.78 is 0. The Bertz CT molecular complexity index is 975. The smallest absolute Gasteiger partial charge is 0.276 e. The van der Waals surface area contributed by atoms with Crippen LogP contribution in [0.1, 0.15) is 22.5 Å². The summed E-state index contributed by atoms with van der Waals surface area (Å²) in [5, 5.41) is 2.47. The predicted octanol–water partition coefficient (Wildman–Crippen LogP) is 3.14. The second-order valence-corrected chi connectivity index (χ2v) is 6.05. The maximum atomic E-state index is 12.6. The maximum Gasteiger partial charge on any atom is 0.276 e. The highest BCUT2D eigenvalue weighted by molar-refractivity contribution is 5.97. The molecular weight excluding hydrogens is 312 g/mol. The molecule has 4 rings (SSSR count). The molecule has 1 aliphatic heterocycles. The molecule has 1 aliphatic rings. The first-order valence-corrected chi connectivity index (χ1v) is 8.27. The van der Waals surface area contributed by atoms with Gasteiger partial charge in [-0.2, -0.15) is 0 Å². The van der Waals surface area contributed by atoms with Gasteiger partial charge in [-0.1, -0.05) is 48.5 Å². The number of benzene rings is 2. The van der Waals surface area contributed by atoms with Crippen LogP contribution >= 0.6 is 0 Å². The van der Waals surface area contributed by atoms with E-state index in [1.54, 1.807) is 4.90 Å². The number of carbonyl (C=O) groups is 1. The van der Waals surface area contributed by atoms with E-state index >= 15 is 0 Å². The van der Waals surface area contributed by atoms with Crippen LogP contribution in [0.25, 0.3) is 16.3 Å². The lowest BCUT2D eigenvalue weighted by molar-refractivity contribution is 0.0768. The van der Waals surface area contributed by atoms with Crippen molar-refractivity contribution in [3.63, 3.8) is 0 Å². The lowest BCUT2D eigenvalue weighted by Gasteiger charge is -2.27. The number of nitrogen functional groups attached to an aromatic ring is 1. The minimum absolute atomic E-state index is 0.168. The van der Waals surface area contributed by atoms with Crippen LogP contribution in [0.2, 0.25) is 0 Å². The summed E-state index contributed by atoms with van der Waals surface area (Å²) in [6.07, 6.45) is 5.90. The minimum Gasteiger partial charge on any atom is -0.382 e. The molecule has 3 aromatic rings. The second-order valence-electron chi connectivity index (χ2n) is 6.05. The van der Waals surface area contributed by atoms with E-state index in [1.807, 2.05) is 6.07 Å². The second kappa shape index (κ2) is 6.36. The summed E-state index contributed by atoms with van der Waals surface area (Å²) in [5.41, 5.74) is 8.51. The van der Waals surface area contributed by atoms with Gasteiger partial charge in [0, 0.05) is 25.5 Å². The SMILES string of the molecule is Nc1nccnc1C(=O)N1CC=C(c2cccc3ccccc23)CC1. The van der Waals surface area contributed by atoms with Gasteiger partial charge >= 0.3 is 0 Å². The topological polar surface area (TPSA) is 72.1 Å². The molecule has 2 aromatic carbocycles. The van der Waals surface area contributed by atoms with Crippen molar-refractivity contribution in [2.75, 3.05) is 18.8 Å². The van der Waals surface area contributed by atoms with Crippen molar-refractivity contribution in [2.24, 2.45) is 0 Å². The summed E-state index contributed by atoms with van der Waals surface area (Å²) in [7, 11) is 0. The molecule has 124 valence electrons. The fraction of sp³-hybridized carbons (Fsp3) is 0.150. The number of anilines is 1. The molecule has 0 aliphatic carbocycles. The zero-order chi connectivity index (χ0) is 17.2. The van der Waals surface area contributed by atoms with E-state index in [-0.39, 0.29) is 17.4 Å². The van der Waals surface area contributed by atoms with Crippen LogP contribution in [0.5, 0.6) is 0 Å². The Morgan fingerprint density at radius 2 is 1.84 bits per heavy atom. The van der Waals surface area contributed by atoms with E-state index in [4.69, 9.17) is 5.73 Å². The molecule has 0 saturated carbocycles. The molecule has 1 amide bonds. The third-order valence-electron chi connectivity index (χ3n) is 4.56. The third-order valence-corrected chi connectivity index (χ3v) is 4.56. The first kappa shape index (κ1) is 15.3. The van der Waals surface area contributed by atoms with Gasteiger partial charge < -0.3 is 10.6 Å². The molecule has 0 spiro atoms. The Hall–Kier alpha value is -3.21. The van der Waals surface area contributed by atoms with E-state index in [9.17, 15) is 4.79 Å². The van der Waals surface area contributed by atoms with Gasteiger partial charge in [0.05, 0.1) is 0 Å². The Kier molecular flexibility index (Phi) is 3.90. The lowest BCUT2D eigenvalue weighted by atomic mass is 9.94. The van der Waals surface area contributed by atoms with Gasteiger partial charge in [0.15, 0.2) is 11.5 Å². The number of amides is 1. The summed E-state index contributed by atoms with van der Waals surface area (Å²) in [4.78, 5) is 22.4. The van der Waals surface area contributed by atoms with Crippen LogP contribution in [0, 0.1) is 0 Å². The monoisotopic (exact) mass is 330 g/mol. The fourth-order valence-corrected chi connectivity index (χ4v) is 3.27. The van der Waals surface area contributed by atoms with Crippen LogP contribution < -0.4 is 5.73 Å². The van der Waals surface area contributed by atoms with Crippen molar-refractivity contribution in [3.05, 3.63) is 72.2 Å². The normalized spacial score (nSPS) is 14.4. The van der Waals surface area contributed by atoms with E-state index in [2.05, 4.69) is 52.4 Å². The number of hydrogen-bond donors (Lipinski definition) is 1. The summed E-state index contributed by atoms with van der Waals surface area (Å²) in [5.74, 6) is 0.00940. The van der Waals surface area contributed by atoms with Gasteiger partial charge in [-0.25, -0.2) is 9.97 Å². The van der Waals surface area contributed by atoms with Gasteiger partial charge in [-0.3, -0.25) is 4.79 Å². The summed E-state index contributed by atoms with van der Waals surface area (Å²) in [6.45, 7) is 1.19. The molecule has 25 heavy (non-hydrogen) atoms. The molecule has 0 saturated heterocycles. The largest absolute Gasteiger partial charge is 0.382 e. The van der Waals surface area contributed by atoms with Gasteiger partial charge in [-0.15, -0.1) is 0 Å². The van der Waals surface area contributed by atoms with Crippen molar-refractivity contribution < 1.29 is 4.79 Å². The molecule has 2 heterocycles. The predicted molar refractivity (Wildman–Crippen MR) is 98.9 cm³/mol. The Morgan fingerprint density at radius 1 is 1.04 bits per heavy atom. The molecule has 0 unspecified atom stereocenters. The van der Waals surface area contributed by atoms with Crippen molar-refractivity contribution in [3.8, 4) is 0 Å². The van der Waals surface area contributed by atoms with E-state index in [0.29, 0.717) is 13.1 Å². The van der Waals surface area contributed by atoms with Crippen molar-refractivity contribution in [1.82, 2.24) is 14.9 Å². The van der Waals surface area contributed by atoms with E-state index in [0.717, 1.165) is 6.42 Å². The van der Waals surface area contributed by atoms with Crippen LogP contribution in [0.15, 0.2) is 60.9 Å². The summed E-state index contributed by atoms with van der Waals surface area (Å²) in [6, 6.07) is 14.7. The van der Waals surface area contributed by atoms with Crippen molar-refractivity contribution >= 4 is 28.1 Å². The first-order chi connectivity index (χ1) is 12.2. The average molecular weight is 330 g/mol. The molecule has 0 bridgehead atoms. The first-order valence-electron chi connectivity index (χ1n) is 8.27. The third kappa shape index (κ3) is 2.85. The summed E-state index contributed by atoms with van der Waals surface area (Å²) >= 11 is 0. The number of nitrogens with zero attached hydrogens (tertiary/aromatic N) is 3. The Balaban J connectivity index is 1.60. The van der Waals surface area contributed by atoms with E-state index in [1.165, 1.54) is 34.3 Å². The van der Waals surface area contributed by atoms with Gasteiger partial charge in [0.2, 0.25) is 0 Å². The molecule has 1 aromatic heterocycles. The van der Waals surface area contributed by atoms with Gasteiger partial charge in [0.25, 0.3) is 5.91 Å². The highest BCUT2D eigenvalue weighted by Gasteiger charge is 2.22. The molecular formula is C20H18N4O. The van der Waals surface area contributed by atoms with Crippen LogP contribution in [-0.2, 0) is 0 Å². The quantitative estimate of drug-likeness (QED) is 0.783. The number of carbonyl (C=O) groups excluding carboxylic acids is 1. The standard InChI is InChI=1S/C20H18N4O/c21-19-18(22-10-11-23-19)20(25)24-12-8-15(9-13-24)17-7-3-5-14-4-1-2-6-16(14)17/h1-8,10-11H,9,12-13H2,(H2,21,23).